The highest BCUT2D eigenvalue weighted by molar-refractivity contribution is 6.09. The van der Waals surface area contributed by atoms with Crippen LogP contribution < -0.4 is 5.32 Å². The lowest BCUT2D eigenvalue weighted by Crippen LogP contribution is -2.35. The number of likely N-dealkylation sites (N-methyl/N-ethyl adjacent to an activating group) is 1. The molecule has 1 unspecified atom stereocenters. The van der Waals surface area contributed by atoms with E-state index in [-0.39, 0.29) is 17.2 Å². The maximum Gasteiger partial charge on any atom is 0.185 e. The van der Waals surface area contributed by atoms with Crippen LogP contribution in [0, 0.1) is 5.41 Å². The molecule has 1 rings (SSSR count). The Balaban J connectivity index is 2.98. The zero-order valence-corrected chi connectivity index (χ0v) is 10.2. The summed E-state index contributed by atoms with van der Waals surface area (Å²) in [5.74, 6) is 0.128. The molecule has 1 aliphatic carbocycles. The molecule has 0 aromatic rings. The molecule has 0 fully saturated rings. The smallest absolute Gasteiger partial charge is 0.185 e. The number of carbonyl (C=O) groups is 1. The first-order valence-electron chi connectivity index (χ1n) is 5.56. The van der Waals surface area contributed by atoms with E-state index in [2.05, 4.69) is 31.8 Å². The highest BCUT2D eigenvalue weighted by Gasteiger charge is 2.30. The van der Waals surface area contributed by atoms with Gasteiger partial charge in [-0.15, -0.1) is 0 Å². The van der Waals surface area contributed by atoms with Gasteiger partial charge in [0, 0.05) is 11.6 Å². The van der Waals surface area contributed by atoms with Crippen LogP contribution in [0.15, 0.2) is 23.8 Å². The Morgan fingerprint density at radius 1 is 1.60 bits per heavy atom. The van der Waals surface area contributed by atoms with E-state index >= 15 is 0 Å². The van der Waals surface area contributed by atoms with E-state index in [1.807, 2.05) is 13.8 Å². The van der Waals surface area contributed by atoms with E-state index in [1.165, 1.54) is 0 Å². The van der Waals surface area contributed by atoms with Gasteiger partial charge in [-0.25, -0.2) is 0 Å². The van der Waals surface area contributed by atoms with Crippen LogP contribution in [0.2, 0.25) is 0 Å². The number of hydrogen-bond acceptors (Lipinski definition) is 2. The quantitative estimate of drug-likeness (QED) is 0.720. The van der Waals surface area contributed by atoms with Gasteiger partial charge in [0.05, 0.1) is 0 Å². The second kappa shape index (κ2) is 4.31. The van der Waals surface area contributed by atoms with Crippen molar-refractivity contribution in [2.24, 2.45) is 5.41 Å². The lowest BCUT2D eigenvalue weighted by molar-refractivity contribution is -0.113. The Morgan fingerprint density at radius 2 is 2.20 bits per heavy atom. The van der Waals surface area contributed by atoms with E-state index in [1.54, 1.807) is 0 Å². The Hall–Kier alpha value is -0.890. The molecule has 0 aromatic carbocycles. The molecule has 0 saturated heterocycles. The number of hydrogen-bond donors (Lipinski definition) is 1. The van der Waals surface area contributed by atoms with Gasteiger partial charge >= 0.3 is 0 Å². The third-order valence-corrected chi connectivity index (χ3v) is 2.78. The summed E-state index contributed by atoms with van der Waals surface area (Å²) >= 11 is 0. The molecule has 1 N–H and O–H groups in total. The molecule has 0 spiro atoms. The van der Waals surface area contributed by atoms with Crippen molar-refractivity contribution >= 4 is 5.78 Å². The van der Waals surface area contributed by atoms with E-state index in [0.29, 0.717) is 0 Å². The molecule has 0 heterocycles. The number of rotatable bonds is 3. The van der Waals surface area contributed by atoms with Gasteiger partial charge in [0.15, 0.2) is 5.78 Å². The summed E-state index contributed by atoms with van der Waals surface area (Å²) in [5, 5.41) is 3.27. The van der Waals surface area contributed by atoms with Crippen LogP contribution >= 0.6 is 0 Å². The molecular weight excluding hydrogens is 186 g/mol. The Morgan fingerprint density at radius 3 is 2.73 bits per heavy atom. The van der Waals surface area contributed by atoms with Crippen molar-refractivity contribution in [3.63, 3.8) is 0 Å². The number of ketones is 1. The van der Waals surface area contributed by atoms with Gasteiger partial charge in [-0.3, -0.25) is 4.79 Å². The van der Waals surface area contributed by atoms with Gasteiger partial charge in [-0.05, 0) is 30.9 Å². The summed E-state index contributed by atoms with van der Waals surface area (Å²) < 4.78 is 0. The van der Waals surface area contributed by atoms with Crippen molar-refractivity contribution in [3.05, 3.63) is 23.8 Å². The predicted molar refractivity (Wildman–Crippen MR) is 63.8 cm³/mol. The highest BCUT2D eigenvalue weighted by atomic mass is 16.1. The Labute approximate surface area is 92.4 Å². The van der Waals surface area contributed by atoms with E-state index in [4.69, 9.17) is 0 Å². The molecule has 0 bridgehead atoms. The minimum Gasteiger partial charge on any atom is -0.310 e. The van der Waals surface area contributed by atoms with Crippen molar-refractivity contribution in [2.75, 3.05) is 6.54 Å². The fraction of sp³-hybridized carbons (Fsp3) is 0.615. The maximum atomic E-state index is 11.9. The topological polar surface area (TPSA) is 29.1 Å². The molecule has 0 saturated carbocycles. The summed E-state index contributed by atoms with van der Waals surface area (Å²) in [5.41, 5.74) is 1.67. The molecule has 0 aromatic heterocycles. The first kappa shape index (κ1) is 12.2. The number of Topliss-reactive ketones (excluding diaryl/α,β-unsaturated/α-hetero) is 1. The van der Waals surface area contributed by atoms with Crippen molar-refractivity contribution < 1.29 is 4.79 Å². The summed E-state index contributed by atoms with van der Waals surface area (Å²) in [6.07, 6.45) is 2.87. The van der Waals surface area contributed by atoms with Crippen LogP contribution in [0.4, 0.5) is 0 Å². The van der Waals surface area contributed by atoms with E-state index < -0.39 is 0 Å². The minimum atomic E-state index is 0.0595. The minimum absolute atomic E-state index is 0.0595. The van der Waals surface area contributed by atoms with Crippen LogP contribution in [0.5, 0.6) is 0 Å². The second-order valence-corrected chi connectivity index (χ2v) is 4.98. The summed E-state index contributed by atoms with van der Waals surface area (Å²) in [6.45, 7) is 13.1. The lowest BCUT2D eigenvalue weighted by Gasteiger charge is -2.30. The molecule has 0 radical (unpaired) electrons. The predicted octanol–water partition coefficient (Wildman–Crippen LogP) is 2.47. The van der Waals surface area contributed by atoms with Gasteiger partial charge in [-0.1, -0.05) is 33.4 Å². The van der Waals surface area contributed by atoms with Gasteiger partial charge < -0.3 is 5.32 Å². The summed E-state index contributed by atoms with van der Waals surface area (Å²) in [6, 6.07) is 0.124. The lowest BCUT2D eigenvalue weighted by atomic mass is 9.75. The van der Waals surface area contributed by atoms with E-state index in [9.17, 15) is 4.79 Å². The average Bonchev–Trinajstić information content (AvgIpc) is 2.11. The fourth-order valence-electron chi connectivity index (χ4n) is 2.11. The van der Waals surface area contributed by atoms with Gasteiger partial charge in [0.2, 0.25) is 0 Å². The number of allylic oxidation sites excluding steroid dienone is 2. The molecule has 2 nitrogen and oxygen atoms in total. The third-order valence-electron chi connectivity index (χ3n) is 2.78. The molecule has 0 aliphatic heterocycles. The fourth-order valence-corrected chi connectivity index (χ4v) is 2.11. The maximum absolute atomic E-state index is 11.9. The standard InChI is InChI=1S/C13H21NO/c1-6-14-10(3)11-8-13(4,5)7-9(2)12(11)15/h8,10,14H,2,6-7H2,1,3-5H3. The Bertz CT molecular complexity index is 312. The van der Waals surface area contributed by atoms with Gasteiger partial charge in [-0.2, -0.15) is 0 Å². The molecule has 15 heavy (non-hydrogen) atoms. The second-order valence-electron chi connectivity index (χ2n) is 4.98. The van der Waals surface area contributed by atoms with Crippen molar-refractivity contribution in [1.82, 2.24) is 5.32 Å². The van der Waals surface area contributed by atoms with Crippen LogP contribution in [-0.4, -0.2) is 18.4 Å². The number of nitrogens with one attached hydrogen (secondary N) is 1. The Kier molecular flexibility index (Phi) is 3.50. The van der Waals surface area contributed by atoms with Crippen LogP contribution in [0.3, 0.4) is 0 Å². The molecule has 1 atom stereocenters. The average molecular weight is 207 g/mol. The van der Waals surface area contributed by atoms with Gasteiger partial charge in [0.25, 0.3) is 0 Å². The highest BCUT2D eigenvalue weighted by Crippen LogP contribution is 2.34. The van der Waals surface area contributed by atoms with Crippen LogP contribution in [-0.2, 0) is 4.79 Å². The zero-order chi connectivity index (χ0) is 11.6. The monoisotopic (exact) mass is 207 g/mol. The largest absolute Gasteiger partial charge is 0.310 e. The van der Waals surface area contributed by atoms with Gasteiger partial charge in [0.1, 0.15) is 0 Å². The summed E-state index contributed by atoms with van der Waals surface area (Å²) in [7, 11) is 0. The van der Waals surface area contributed by atoms with Crippen molar-refractivity contribution in [1.29, 1.82) is 0 Å². The van der Waals surface area contributed by atoms with E-state index in [0.717, 1.165) is 24.1 Å². The molecule has 0 amide bonds. The van der Waals surface area contributed by atoms with Crippen molar-refractivity contribution in [2.45, 2.75) is 40.2 Å². The van der Waals surface area contributed by atoms with Crippen LogP contribution in [0.1, 0.15) is 34.1 Å². The third kappa shape index (κ3) is 2.78. The number of carbonyl (C=O) groups excluding carboxylic acids is 1. The molecule has 84 valence electrons. The molecule has 1 aliphatic rings. The normalized spacial score (nSPS) is 22.5. The van der Waals surface area contributed by atoms with Crippen LogP contribution in [0.25, 0.3) is 0 Å². The first-order chi connectivity index (χ1) is 6.87. The zero-order valence-electron chi connectivity index (χ0n) is 10.2. The summed E-state index contributed by atoms with van der Waals surface area (Å²) in [4.78, 5) is 11.9. The van der Waals surface area contributed by atoms with Crippen molar-refractivity contribution in [3.8, 4) is 0 Å². The SMILES string of the molecule is C=C1CC(C)(C)C=C(C(C)NCC)C1=O. The molecular formula is C13H21NO. The first-order valence-corrected chi connectivity index (χ1v) is 5.56. The molecule has 2 heteroatoms.